The summed E-state index contributed by atoms with van der Waals surface area (Å²) >= 11 is 1.88. The molecule has 0 bridgehead atoms. The zero-order valence-corrected chi connectivity index (χ0v) is 12.0. The highest BCUT2D eigenvalue weighted by atomic mass is 32.2. The van der Waals surface area contributed by atoms with Crippen molar-refractivity contribution in [1.29, 1.82) is 0 Å². The number of carboxylic acids is 1. The van der Waals surface area contributed by atoms with Crippen molar-refractivity contribution in [3.8, 4) is 0 Å². The Kier molecular flexibility index (Phi) is 4.90. The van der Waals surface area contributed by atoms with E-state index in [4.69, 9.17) is 5.11 Å². The summed E-state index contributed by atoms with van der Waals surface area (Å²) in [6.07, 6.45) is 2.30. The number of carboxylic acid groups (broad SMARTS) is 1. The zero-order valence-electron chi connectivity index (χ0n) is 11.2. The highest BCUT2D eigenvalue weighted by Gasteiger charge is 2.30. The van der Waals surface area contributed by atoms with Gasteiger partial charge >= 0.3 is 12.0 Å². The van der Waals surface area contributed by atoms with Crippen molar-refractivity contribution in [1.82, 2.24) is 10.6 Å². The average Bonchev–Trinajstić information content (AvgIpc) is 2.71. The topological polar surface area (TPSA) is 78.4 Å². The smallest absolute Gasteiger partial charge is 0.314 e. The maximum Gasteiger partial charge on any atom is 0.314 e. The zero-order chi connectivity index (χ0) is 13.8. The lowest BCUT2D eigenvalue weighted by Crippen LogP contribution is -2.46. The maximum atomic E-state index is 11.6. The van der Waals surface area contributed by atoms with E-state index in [9.17, 15) is 9.59 Å². The van der Waals surface area contributed by atoms with Crippen LogP contribution in [0.2, 0.25) is 0 Å². The second-order valence-corrected chi connectivity index (χ2v) is 7.31. The van der Waals surface area contributed by atoms with Crippen molar-refractivity contribution >= 4 is 23.8 Å². The van der Waals surface area contributed by atoms with Crippen molar-refractivity contribution in [2.75, 3.05) is 18.8 Å². The molecule has 1 aliphatic rings. The number of carbonyl (C=O) groups is 2. The van der Waals surface area contributed by atoms with Crippen LogP contribution in [-0.2, 0) is 4.79 Å². The summed E-state index contributed by atoms with van der Waals surface area (Å²) in [4.78, 5) is 22.5. The molecule has 0 spiro atoms. The summed E-state index contributed by atoms with van der Waals surface area (Å²) in [7, 11) is 0. The van der Waals surface area contributed by atoms with Gasteiger partial charge in [-0.25, -0.2) is 4.79 Å². The van der Waals surface area contributed by atoms with Crippen LogP contribution < -0.4 is 10.6 Å². The van der Waals surface area contributed by atoms with Gasteiger partial charge in [0.25, 0.3) is 0 Å². The highest BCUT2D eigenvalue weighted by molar-refractivity contribution is 8.00. The second-order valence-electron chi connectivity index (χ2n) is 5.63. The van der Waals surface area contributed by atoms with Gasteiger partial charge in [-0.3, -0.25) is 4.79 Å². The lowest BCUT2D eigenvalue weighted by molar-refractivity contribution is -0.146. The molecule has 3 N–H and O–H groups in total. The molecule has 18 heavy (non-hydrogen) atoms. The fraction of sp³-hybridized carbons (Fsp3) is 0.833. The number of hydrogen-bond acceptors (Lipinski definition) is 3. The summed E-state index contributed by atoms with van der Waals surface area (Å²) in [5.41, 5.74) is -0.941. The molecule has 1 heterocycles. The second kappa shape index (κ2) is 5.82. The molecule has 1 atom stereocenters. The van der Waals surface area contributed by atoms with E-state index < -0.39 is 11.4 Å². The van der Waals surface area contributed by atoms with Crippen LogP contribution in [-0.4, -0.2) is 40.7 Å². The molecule has 0 saturated carbocycles. The monoisotopic (exact) mass is 274 g/mol. The molecule has 0 aromatic carbocycles. The largest absolute Gasteiger partial charge is 0.481 e. The number of nitrogens with one attached hydrogen (secondary N) is 2. The van der Waals surface area contributed by atoms with Gasteiger partial charge in [-0.2, -0.15) is 11.8 Å². The van der Waals surface area contributed by atoms with Gasteiger partial charge in [0, 0.05) is 17.8 Å². The van der Waals surface area contributed by atoms with Crippen LogP contribution in [0.3, 0.4) is 0 Å². The predicted molar refractivity (Wildman–Crippen MR) is 72.9 cm³/mol. The van der Waals surface area contributed by atoms with Crippen LogP contribution >= 0.6 is 11.8 Å². The Bertz CT molecular complexity index is 325. The Morgan fingerprint density at radius 2 is 2.06 bits per heavy atom. The Hall–Kier alpha value is -0.910. The molecule has 6 heteroatoms. The quantitative estimate of drug-likeness (QED) is 0.713. The normalized spacial score (nSPS) is 23.7. The first-order chi connectivity index (χ1) is 8.25. The number of thioether (sulfide) groups is 1. The lowest BCUT2D eigenvalue weighted by atomic mass is 9.94. The van der Waals surface area contributed by atoms with E-state index >= 15 is 0 Å². The minimum atomic E-state index is -0.941. The third-order valence-electron chi connectivity index (χ3n) is 3.19. The van der Waals surface area contributed by atoms with Crippen molar-refractivity contribution in [3.63, 3.8) is 0 Å². The van der Waals surface area contributed by atoms with E-state index in [1.165, 1.54) is 6.42 Å². The lowest BCUT2D eigenvalue weighted by Gasteiger charge is -2.24. The van der Waals surface area contributed by atoms with Gasteiger partial charge in [0.2, 0.25) is 0 Å². The summed E-state index contributed by atoms with van der Waals surface area (Å²) in [6, 6.07) is -0.293. The Labute approximate surface area is 112 Å². The first-order valence-corrected chi connectivity index (χ1v) is 7.13. The fourth-order valence-corrected chi connectivity index (χ4v) is 2.93. The molecule has 1 fully saturated rings. The molecular weight excluding hydrogens is 252 g/mol. The predicted octanol–water partition coefficient (Wildman–Crippen LogP) is 1.68. The van der Waals surface area contributed by atoms with Gasteiger partial charge < -0.3 is 15.7 Å². The van der Waals surface area contributed by atoms with Gasteiger partial charge in [0.1, 0.15) is 0 Å². The van der Waals surface area contributed by atoms with Crippen molar-refractivity contribution < 1.29 is 14.7 Å². The van der Waals surface area contributed by atoms with Crippen LogP contribution in [0.15, 0.2) is 0 Å². The van der Waals surface area contributed by atoms with E-state index in [0.717, 1.165) is 12.2 Å². The third-order valence-corrected chi connectivity index (χ3v) is 4.73. The summed E-state index contributed by atoms with van der Waals surface area (Å²) in [6.45, 7) is 6.06. The molecule has 0 radical (unpaired) electrons. The summed E-state index contributed by atoms with van der Waals surface area (Å²) < 4.78 is 0.125. The summed E-state index contributed by atoms with van der Waals surface area (Å²) in [5.74, 6) is 0.229. The van der Waals surface area contributed by atoms with Gasteiger partial charge in [0.15, 0.2) is 0 Å². The molecule has 1 rings (SSSR count). The molecule has 2 amide bonds. The van der Waals surface area contributed by atoms with Crippen LogP contribution in [0, 0.1) is 5.41 Å². The SMILES string of the molecule is CC1(CNC(=O)NCC(C)(C)C(=O)O)CCCS1. The van der Waals surface area contributed by atoms with Crippen molar-refractivity contribution in [2.24, 2.45) is 5.41 Å². The van der Waals surface area contributed by atoms with Gasteiger partial charge in [-0.05, 0) is 39.4 Å². The molecule has 0 aromatic heterocycles. The molecule has 0 aliphatic carbocycles. The Morgan fingerprint density at radius 3 is 2.56 bits per heavy atom. The van der Waals surface area contributed by atoms with E-state index in [0.29, 0.717) is 6.54 Å². The first kappa shape index (κ1) is 15.1. The molecular formula is C12H22N2O3S. The van der Waals surface area contributed by atoms with Crippen LogP contribution in [0.5, 0.6) is 0 Å². The molecule has 104 valence electrons. The summed E-state index contributed by atoms with van der Waals surface area (Å²) in [5, 5.41) is 14.3. The number of amides is 2. The van der Waals surface area contributed by atoms with E-state index in [-0.39, 0.29) is 17.3 Å². The van der Waals surface area contributed by atoms with E-state index in [2.05, 4.69) is 17.6 Å². The minimum absolute atomic E-state index is 0.123. The number of rotatable bonds is 5. The molecule has 0 aromatic rings. The first-order valence-electron chi connectivity index (χ1n) is 6.14. The molecule has 5 nitrogen and oxygen atoms in total. The standard InChI is InChI=1S/C12H22N2O3S/c1-11(2,9(15)16)7-13-10(17)14-8-12(3)5-4-6-18-12/h4-8H2,1-3H3,(H,15,16)(H2,13,14,17). The molecule has 1 saturated heterocycles. The maximum absolute atomic E-state index is 11.6. The van der Waals surface area contributed by atoms with Gasteiger partial charge in [-0.1, -0.05) is 0 Å². The number of aliphatic carboxylic acids is 1. The van der Waals surface area contributed by atoms with Gasteiger partial charge in [0.05, 0.1) is 5.41 Å². The Morgan fingerprint density at radius 1 is 1.39 bits per heavy atom. The van der Waals surface area contributed by atoms with Gasteiger partial charge in [-0.15, -0.1) is 0 Å². The molecule has 1 unspecified atom stereocenters. The number of hydrogen-bond donors (Lipinski definition) is 3. The van der Waals surface area contributed by atoms with Crippen molar-refractivity contribution in [2.45, 2.75) is 38.4 Å². The minimum Gasteiger partial charge on any atom is -0.481 e. The third kappa shape index (κ3) is 4.40. The molecule has 1 aliphatic heterocycles. The Balaban J connectivity index is 2.28. The van der Waals surface area contributed by atoms with Crippen molar-refractivity contribution in [3.05, 3.63) is 0 Å². The average molecular weight is 274 g/mol. The van der Waals surface area contributed by atoms with E-state index in [1.807, 2.05) is 11.8 Å². The number of urea groups is 1. The van der Waals surface area contributed by atoms with Crippen LogP contribution in [0.25, 0.3) is 0 Å². The van der Waals surface area contributed by atoms with E-state index in [1.54, 1.807) is 13.8 Å². The van der Waals surface area contributed by atoms with Crippen LogP contribution in [0.1, 0.15) is 33.6 Å². The number of carbonyl (C=O) groups excluding carboxylic acids is 1. The van der Waals surface area contributed by atoms with Crippen LogP contribution in [0.4, 0.5) is 4.79 Å². The highest BCUT2D eigenvalue weighted by Crippen LogP contribution is 2.36. The fourth-order valence-electron chi connectivity index (χ4n) is 1.68.